The first-order chi connectivity index (χ1) is 20.9. The maximum Gasteiger partial charge on any atom is 0.407 e. The van der Waals surface area contributed by atoms with Crippen molar-refractivity contribution in [3.63, 3.8) is 0 Å². The lowest BCUT2D eigenvalue weighted by Gasteiger charge is -2.30. The second-order valence-corrected chi connectivity index (χ2v) is 11.1. The second-order valence-electron chi connectivity index (χ2n) is 11.1. The normalized spacial score (nSPS) is 17.4. The van der Waals surface area contributed by atoms with Crippen molar-refractivity contribution in [1.29, 1.82) is 0 Å². The van der Waals surface area contributed by atoms with Crippen LogP contribution in [0.5, 0.6) is 0 Å². The molecule has 0 radical (unpaired) electrons. The van der Waals surface area contributed by atoms with Crippen LogP contribution in [0.2, 0.25) is 0 Å². The van der Waals surface area contributed by atoms with Crippen molar-refractivity contribution < 1.29 is 19.1 Å². The van der Waals surface area contributed by atoms with E-state index in [2.05, 4.69) is 26.7 Å². The van der Waals surface area contributed by atoms with Crippen LogP contribution < -0.4 is 10.6 Å². The number of rotatable bonds is 11. The van der Waals surface area contributed by atoms with Crippen LogP contribution in [0.3, 0.4) is 0 Å². The summed E-state index contributed by atoms with van der Waals surface area (Å²) in [5, 5.41) is 6.43. The van der Waals surface area contributed by atoms with Gasteiger partial charge < -0.3 is 25.1 Å². The number of carbonyl (C=O) groups is 2. The largest absolute Gasteiger partial charge is 0.453 e. The highest BCUT2D eigenvalue weighted by molar-refractivity contribution is 5.90. The van der Waals surface area contributed by atoms with Crippen molar-refractivity contribution in [2.45, 2.75) is 57.2 Å². The first-order valence-electron chi connectivity index (χ1n) is 14.8. The lowest BCUT2D eigenvalue weighted by molar-refractivity contribution is -0.120. The molecule has 1 saturated heterocycles. The Kier molecular flexibility index (Phi) is 10.0. The van der Waals surface area contributed by atoms with Gasteiger partial charge in [0.05, 0.1) is 31.6 Å². The van der Waals surface area contributed by atoms with Gasteiger partial charge in [-0.15, -0.1) is 0 Å². The van der Waals surface area contributed by atoms with Gasteiger partial charge in [0.1, 0.15) is 11.9 Å². The molecule has 1 fully saturated rings. The van der Waals surface area contributed by atoms with Crippen molar-refractivity contribution in [2.24, 2.45) is 0 Å². The number of H-pyrrole nitrogens is 1. The molecular formula is C35H40N4O4. The zero-order valence-electron chi connectivity index (χ0n) is 25.0. The van der Waals surface area contributed by atoms with Crippen molar-refractivity contribution in [3.8, 4) is 0 Å². The molecule has 8 nitrogen and oxygen atoms in total. The second kappa shape index (κ2) is 14.3. The minimum absolute atomic E-state index is 0.0509. The number of Topliss-reactive ketones (excluding diaryl/α,β-unsaturated/α-hetero) is 1. The number of aryl methyl sites for hydroxylation is 3. The number of morpholine rings is 1. The summed E-state index contributed by atoms with van der Waals surface area (Å²) in [6.45, 7) is 5.31. The molecule has 224 valence electrons. The number of nitrogens with one attached hydrogen (secondary N) is 3. The number of methoxy groups -OCH3 is 1. The number of hydrogen-bond donors (Lipinski definition) is 3. The Morgan fingerprint density at radius 1 is 0.953 bits per heavy atom. The summed E-state index contributed by atoms with van der Waals surface area (Å²) in [6.07, 6.45) is 1.20. The molecule has 3 aromatic carbocycles. The van der Waals surface area contributed by atoms with Crippen molar-refractivity contribution in [3.05, 3.63) is 124 Å². The SMILES string of the molecule is COC(=O)N[C@H](C(=O)Cc1ccccc1CC[C@@H]1CN[C@H](c2nc(C)c(C)[nH]2)CO1)C(c1ccccc1)c1ccccc1. The predicted molar refractivity (Wildman–Crippen MR) is 166 cm³/mol. The average molecular weight is 581 g/mol. The first kappa shape index (κ1) is 30.2. The number of alkyl carbamates (subject to hydrolysis) is 1. The molecule has 0 unspecified atom stereocenters. The van der Waals surface area contributed by atoms with E-state index in [9.17, 15) is 9.59 Å². The van der Waals surface area contributed by atoms with E-state index in [1.54, 1.807) is 0 Å². The number of carbonyl (C=O) groups excluding carboxylic acids is 2. The number of benzene rings is 3. The summed E-state index contributed by atoms with van der Waals surface area (Å²) in [5.41, 5.74) is 6.02. The number of imidazole rings is 1. The molecule has 4 aromatic rings. The fraction of sp³-hybridized carbons (Fsp3) is 0.343. The molecular weight excluding hydrogens is 540 g/mol. The van der Waals surface area contributed by atoms with Crippen LogP contribution in [0, 0.1) is 13.8 Å². The molecule has 0 spiro atoms. The van der Waals surface area contributed by atoms with Gasteiger partial charge in [0.25, 0.3) is 0 Å². The highest BCUT2D eigenvalue weighted by Gasteiger charge is 2.33. The smallest absolute Gasteiger partial charge is 0.407 e. The van der Waals surface area contributed by atoms with Crippen LogP contribution in [0.1, 0.15) is 57.8 Å². The molecule has 3 N–H and O–H groups in total. The number of amides is 1. The Balaban J connectivity index is 1.29. The number of aromatic nitrogens is 2. The third-order valence-corrected chi connectivity index (χ3v) is 8.24. The Bertz CT molecular complexity index is 1440. The zero-order valence-corrected chi connectivity index (χ0v) is 25.0. The van der Waals surface area contributed by atoms with Gasteiger partial charge in [0, 0.05) is 24.6 Å². The summed E-state index contributed by atoms with van der Waals surface area (Å²) in [6, 6.07) is 26.9. The van der Waals surface area contributed by atoms with Gasteiger partial charge in [0.2, 0.25) is 0 Å². The molecule has 1 aliphatic rings. The van der Waals surface area contributed by atoms with Gasteiger partial charge >= 0.3 is 6.09 Å². The monoisotopic (exact) mass is 580 g/mol. The fourth-order valence-electron chi connectivity index (χ4n) is 5.75. The molecule has 1 amide bonds. The average Bonchev–Trinajstić information content (AvgIpc) is 3.38. The molecule has 0 aliphatic carbocycles. The van der Waals surface area contributed by atoms with Crippen molar-refractivity contribution >= 4 is 11.9 Å². The predicted octanol–water partition coefficient (Wildman–Crippen LogP) is 5.36. The maximum atomic E-state index is 14.1. The van der Waals surface area contributed by atoms with Crippen LogP contribution in [0.4, 0.5) is 4.79 Å². The molecule has 3 atom stereocenters. The van der Waals surface area contributed by atoms with E-state index < -0.39 is 12.1 Å². The van der Waals surface area contributed by atoms with Crippen LogP contribution in [-0.4, -0.2) is 54.3 Å². The Hall–Kier alpha value is -4.27. The van der Waals surface area contributed by atoms with Crippen molar-refractivity contribution in [1.82, 2.24) is 20.6 Å². The van der Waals surface area contributed by atoms with E-state index in [1.165, 1.54) is 7.11 Å². The number of aromatic amines is 1. The third kappa shape index (κ3) is 7.58. The number of nitrogens with zero attached hydrogens (tertiary/aromatic N) is 1. The lowest BCUT2D eigenvalue weighted by atomic mass is 9.81. The molecule has 8 heteroatoms. The number of hydrogen-bond acceptors (Lipinski definition) is 6. The van der Waals surface area contributed by atoms with Gasteiger partial charge in [-0.25, -0.2) is 9.78 Å². The van der Waals surface area contributed by atoms with Gasteiger partial charge in [0.15, 0.2) is 5.78 Å². The molecule has 2 heterocycles. The standard InChI is InChI=1S/C35H40N4O4/c1-23-24(2)38-34(37-23)30-22-43-29(21-36-30)19-18-25-12-10-11-17-28(25)20-31(40)33(39-35(41)42-3)32(26-13-6-4-7-14-26)27-15-8-5-9-16-27/h4-17,29-30,32-33,36H,18-22H2,1-3H3,(H,37,38)(H,39,41)/t29-,30+,33-/m1/s1. The van der Waals surface area contributed by atoms with Crippen molar-refractivity contribution in [2.75, 3.05) is 20.3 Å². The van der Waals surface area contributed by atoms with Gasteiger partial charge in [-0.2, -0.15) is 0 Å². The Morgan fingerprint density at radius 2 is 1.58 bits per heavy atom. The molecule has 0 saturated carbocycles. The summed E-state index contributed by atoms with van der Waals surface area (Å²) in [5.74, 6) is 0.451. The fourth-order valence-corrected chi connectivity index (χ4v) is 5.75. The molecule has 43 heavy (non-hydrogen) atoms. The molecule has 1 aliphatic heterocycles. The quantitative estimate of drug-likeness (QED) is 0.221. The topological polar surface area (TPSA) is 105 Å². The van der Waals surface area contributed by atoms with Crippen LogP contribution in [0.25, 0.3) is 0 Å². The maximum absolute atomic E-state index is 14.1. The summed E-state index contributed by atoms with van der Waals surface area (Å²) in [4.78, 5) is 34.6. The minimum Gasteiger partial charge on any atom is -0.453 e. The van der Waals surface area contributed by atoms with E-state index in [1.807, 2.05) is 92.7 Å². The van der Waals surface area contributed by atoms with Crippen LogP contribution >= 0.6 is 0 Å². The zero-order chi connectivity index (χ0) is 30.2. The summed E-state index contributed by atoms with van der Waals surface area (Å²) >= 11 is 0. The van der Waals surface area contributed by atoms with E-state index >= 15 is 0 Å². The molecule has 0 bridgehead atoms. The minimum atomic E-state index is -0.818. The van der Waals surface area contributed by atoms with Gasteiger partial charge in [-0.3, -0.25) is 4.79 Å². The van der Waals surface area contributed by atoms with Crippen LogP contribution in [-0.2, 0) is 27.1 Å². The third-order valence-electron chi connectivity index (χ3n) is 8.24. The van der Waals surface area contributed by atoms with E-state index in [4.69, 9.17) is 9.47 Å². The van der Waals surface area contributed by atoms with Gasteiger partial charge in [-0.05, 0) is 48.9 Å². The van der Waals surface area contributed by atoms with E-state index in [0.717, 1.165) is 58.9 Å². The first-order valence-corrected chi connectivity index (χ1v) is 14.8. The molecule has 5 rings (SSSR count). The van der Waals surface area contributed by atoms with Crippen LogP contribution in [0.15, 0.2) is 84.9 Å². The highest BCUT2D eigenvalue weighted by Crippen LogP contribution is 2.30. The summed E-state index contributed by atoms with van der Waals surface area (Å²) in [7, 11) is 1.31. The Labute approximate surface area is 253 Å². The molecule has 1 aromatic heterocycles. The highest BCUT2D eigenvalue weighted by atomic mass is 16.5. The van der Waals surface area contributed by atoms with E-state index in [0.29, 0.717) is 6.61 Å². The number of ketones is 1. The summed E-state index contributed by atoms with van der Waals surface area (Å²) < 4.78 is 11.2. The Morgan fingerprint density at radius 3 is 2.14 bits per heavy atom. The van der Waals surface area contributed by atoms with Gasteiger partial charge in [-0.1, -0.05) is 84.9 Å². The van der Waals surface area contributed by atoms with E-state index in [-0.39, 0.29) is 30.3 Å². The lowest BCUT2D eigenvalue weighted by Crippen LogP contribution is -2.46. The number of ether oxygens (including phenoxy) is 2.